The second-order valence-corrected chi connectivity index (χ2v) is 6.64. The Morgan fingerprint density at radius 3 is 2.43 bits per heavy atom. The maximum atomic E-state index is 14.2. The minimum absolute atomic E-state index is 0.305. The van der Waals surface area contributed by atoms with Crippen molar-refractivity contribution >= 4 is 42.6 Å². The van der Waals surface area contributed by atoms with E-state index in [4.69, 9.17) is 5.73 Å². The zero-order valence-electron chi connectivity index (χ0n) is 11.0. The largest absolute Gasteiger partial charge is 0.320 e. The van der Waals surface area contributed by atoms with E-state index in [-0.39, 0.29) is 5.82 Å². The van der Waals surface area contributed by atoms with E-state index < -0.39 is 6.04 Å². The molecule has 0 aliphatic heterocycles. The molecule has 0 heterocycles. The third-order valence-corrected chi connectivity index (χ3v) is 4.61. The van der Waals surface area contributed by atoms with Gasteiger partial charge in [-0.25, -0.2) is 4.39 Å². The van der Waals surface area contributed by atoms with Crippen molar-refractivity contribution in [2.75, 3.05) is 0 Å². The predicted molar refractivity (Wildman–Crippen MR) is 91.8 cm³/mol. The molecule has 0 spiro atoms. The molecule has 1 unspecified atom stereocenters. The first kappa shape index (κ1) is 14.7. The molecule has 0 saturated carbocycles. The number of benzene rings is 3. The zero-order valence-corrected chi connectivity index (χ0v) is 14.2. The van der Waals surface area contributed by atoms with Crippen LogP contribution in [0.4, 0.5) is 4.39 Å². The van der Waals surface area contributed by atoms with Crippen LogP contribution in [0.1, 0.15) is 17.2 Å². The smallest absolute Gasteiger partial charge is 0.142 e. The van der Waals surface area contributed by atoms with Crippen LogP contribution in [0.5, 0.6) is 0 Å². The Hall–Kier alpha value is -1.23. The normalized spacial score (nSPS) is 12.6. The second kappa shape index (κ2) is 5.87. The topological polar surface area (TPSA) is 26.0 Å². The summed E-state index contributed by atoms with van der Waals surface area (Å²) >= 11 is 6.65. The van der Waals surface area contributed by atoms with Gasteiger partial charge in [0, 0.05) is 10.0 Å². The van der Waals surface area contributed by atoms with Gasteiger partial charge in [0.1, 0.15) is 5.82 Å². The van der Waals surface area contributed by atoms with E-state index in [1.807, 2.05) is 36.4 Å². The lowest BCUT2D eigenvalue weighted by atomic mass is 9.97. The Morgan fingerprint density at radius 2 is 1.62 bits per heavy atom. The standard InChI is InChI=1S/C17H12Br2FN/c18-13-7-6-10-8-12(5-4-11(10)9-13)17(21)14-2-1-3-15(19)16(14)20/h1-9,17H,21H2. The average molecular weight is 409 g/mol. The quantitative estimate of drug-likeness (QED) is 0.590. The minimum atomic E-state index is -0.490. The van der Waals surface area contributed by atoms with E-state index in [9.17, 15) is 4.39 Å². The van der Waals surface area contributed by atoms with Crippen molar-refractivity contribution in [3.8, 4) is 0 Å². The molecule has 0 bridgehead atoms. The van der Waals surface area contributed by atoms with Gasteiger partial charge in [0.15, 0.2) is 0 Å². The fourth-order valence-corrected chi connectivity index (χ4v) is 3.13. The van der Waals surface area contributed by atoms with Crippen LogP contribution in [-0.2, 0) is 0 Å². The molecule has 2 N–H and O–H groups in total. The van der Waals surface area contributed by atoms with E-state index in [0.717, 1.165) is 20.8 Å². The molecule has 0 fully saturated rings. The Balaban J connectivity index is 2.07. The van der Waals surface area contributed by atoms with Gasteiger partial charge in [0.2, 0.25) is 0 Å². The van der Waals surface area contributed by atoms with Crippen LogP contribution in [0.2, 0.25) is 0 Å². The van der Waals surface area contributed by atoms with Crippen LogP contribution in [0.3, 0.4) is 0 Å². The third kappa shape index (κ3) is 2.89. The summed E-state index contributed by atoms with van der Waals surface area (Å²) in [5, 5.41) is 2.21. The summed E-state index contributed by atoms with van der Waals surface area (Å²) in [7, 11) is 0. The molecule has 0 radical (unpaired) electrons. The maximum absolute atomic E-state index is 14.2. The molecule has 0 aliphatic rings. The fraction of sp³-hybridized carbons (Fsp3) is 0.0588. The molecule has 3 rings (SSSR count). The number of rotatable bonds is 2. The van der Waals surface area contributed by atoms with Crippen LogP contribution < -0.4 is 5.73 Å². The van der Waals surface area contributed by atoms with E-state index in [1.54, 1.807) is 18.2 Å². The van der Waals surface area contributed by atoms with E-state index >= 15 is 0 Å². The van der Waals surface area contributed by atoms with Crippen LogP contribution in [0.25, 0.3) is 10.8 Å². The van der Waals surface area contributed by atoms with Gasteiger partial charge in [-0.15, -0.1) is 0 Å². The minimum Gasteiger partial charge on any atom is -0.320 e. The summed E-state index contributed by atoms with van der Waals surface area (Å²) in [6.07, 6.45) is 0. The average Bonchev–Trinajstić information content (AvgIpc) is 2.49. The van der Waals surface area contributed by atoms with Gasteiger partial charge in [-0.1, -0.05) is 46.3 Å². The first-order valence-corrected chi connectivity index (χ1v) is 8.03. The van der Waals surface area contributed by atoms with Gasteiger partial charge in [-0.05, 0) is 56.5 Å². The first-order valence-electron chi connectivity index (χ1n) is 6.45. The lowest BCUT2D eigenvalue weighted by Crippen LogP contribution is -2.13. The van der Waals surface area contributed by atoms with Gasteiger partial charge in [0.25, 0.3) is 0 Å². The van der Waals surface area contributed by atoms with Crippen molar-refractivity contribution < 1.29 is 4.39 Å². The maximum Gasteiger partial charge on any atom is 0.142 e. The molecule has 1 nitrogen and oxygen atoms in total. The van der Waals surface area contributed by atoms with Gasteiger partial charge in [-0.2, -0.15) is 0 Å². The van der Waals surface area contributed by atoms with Crippen molar-refractivity contribution in [3.05, 3.63) is 80.5 Å². The van der Waals surface area contributed by atoms with E-state index in [2.05, 4.69) is 31.9 Å². The van der Waals surface area contributed by atoms with Crippen LogP contribution in [0.15, 0.2) is 63.5 Å². The summed E-state index contributed by atoms with van der Waals surface area (Å²) in [4.78, 5) is 0. The number of nitrogens with two attached hydrogens (primary N) is 1. The monoisotopic (exact) mass is 407 g/mol. The van der Waals surface area contributed by atoms with Crippen LogP contribution >= 0.6 is 31.9 Å². The lowest BCUT2D eigenvalue weighted by Gasteiger charge is -2.15. The molecule has 21 heavy (non-hydrogen) atoms. The third-order valence-electron chi connectivity index (χ3n) is 3.50. The number of halogens is 3. The Kier molecular flexibility index (Phi) is 4.11. The first-order chi connectivity index (χ1) is 10.1. The molecule has 0 aromatic heterocycles. The van der Waals surface area contributed by atoms with Crippen molar-refractivity contribution in [3.63, 3.8) is 0 Å². The molecule has 1 atom stereocenters. The van der Waals surface area contributed by atoms with Gasteiger partial charge >= 0.3 is 0 Å². The molecule has 0 aliphatic carbocycles. The van der Waals surface area contributed by atoms with Crippen molar-refractivity contribution in [1.82, 2.24) is 0 Å². The van der Waals surface area contributed by atoms with Crippen molar-refractivity contribution in [1.29, 1.82) is 0 Å². The highest BCUT2D eigenvalue weighted by atomic mass is 79.9. The molecule has 0 saturated heterocycles. The Labute approximate surface area is 139 Å². The summed E-state index contributed by atoms with van der Waals surface area (Å²) in [6.45, 7) is 0. The number of hydrogen-bond donors (Lipinski definition) is 1. The highest BCUT2D eigenvalue weighted by Gasteiger charge is 2.15. The molecule has 3 aromatic rings. The summed E-state index contributed by atoms with van der Waals surface area (Å²) in [5.41, 5.74) is 7.61. The summed E-state index contributed by atoms with van der Waals surface area (Å²) < 4.78 is 15.6. The zero-order chi connectivity index (χ0) is 15.0. The van der Waals surface area contributed by atoms with Crippen LogP contribution in [0, 0.1) is 5.82 Å². The fourth-order valence-electron chi connectivity index (χ4n) is 2.37. The lowest BCUT2D eigenvalue weighted by molar-refractivity contribution is 0.593. The SMILES string of the molecule is NC(c1ccc2cc(Br)ccc2c1)c1cccc(Br)c1F. The predicted octanol–water partition coefficient (Wildman–Crippen LogP) is 5.55. The van der Waals surface area contributed by atoms with Gasteiger partial charge in [0.05, 0.1) is 10.5 Å². The van der Waals surface area contributed by atoms with Crippen molar-refractivity contribution in [2.45, 2.75) is 6.04 Å². The molecule has 0 amide bonds. The molecular formula is C17H12Br2FN. The summed E-state index contributed by atoms with van der Waals surface area (Å²) in [5.74, 6) is -0.305. The van der Waals surface area contributed by atoms with Crippen molar-refractivity contribution in [2.24, 2.45) is 5.73 Å². The molecule has 106 valence electrons. The molecular weight excluding hydrogens is 397 g/mol. The van der Waals surface area contributed by atoms with E-state index in [0.29, 0.717) is 10.0 Å². The highest BCUT2D eigenvalue weighted by Crippen LogP contribution is 2.29. The molecule has 3 aromatic carbocycles. The van der Waals surface area contributed by atoms with Crippen LogP contribution in [-0.4, -0.2) is 0 Å². The Bertz CT molecular complexity index is 817. The number of hydrogen-bond acceptors (Lipinski definition) is 1. The molecule has 4 heteroatoms. The van der Waals surface area contributed by atoms with Gasteiger partial charge in [-0.3, -0.25) is 0 Å². The Morgan fingerprint density at radius 1 is 0.905 bits per heavy atom. The van der Waals surface area contributed by atoms with E-state index in [1.165, 1.54) is 0 Å². The summed E-state index contributed by atoms with van der Waals surface area (Å²) in [6, 6.07) is 16.7. The number of fused-ring (bicyclic) bond motifs is 1. The van der Waals surface area contributed by atoms with Gasteiger partial charge < -0.3 is 5.73 Å². The highest BCUT2D eigenvalue weighted by molar-refractivity contribution is 9.10. The second-order valence-electron chi connectivity index (χ2n) is 4.87.